The summed E-state index contributed by atoms with van der Waals surface area (Å²) in [5.41, 5.74) is 1.87. The molecule has 0 spiro atoms. The van der Waals surface area contributed by atoms with E-state index in [1.807, 2.05) is 24.3 Å². The molecule has 3 nitrogen and oxygen atoms in total. The van der Waals surface area contributed by atoms with Crippen molar-refractivity contribution in [1.82, 2.24) is 0 Å². The van der Waals surface area contributed by atoms with Gasteiger partial charge in [-0.3, -0.25) is 0 Å². The van der Waals surface area contributed by atoms with E-state index < -0.39 is 0 Å². The topological polar surface area (TPSA) is 36.3 Å². The number of anilines is 1. The van der Waals surface area contributed by atoms with Gasteiger partial charge in [-0.2, -0.15) is 5.26 Å². The molecule has 1 aromatic rings. The van der Waals surface area contributed by atoms with E-state index in [4.69, 9.17) is 10.00 Å². The number of nitriles is 1. The Hall–Kier alpha value is -1.53. The SMILES string of the molecule is CC1CN(c2ccc(C#N)cc2)CC(C)O1. The van der Waals surface area contributed by atoms with Crippen molar-refractivity contribution in [3.63, 3.8) is 0 Å². The van der Waals surface area contributed by atoms with Crippen LogP contribution in [0.3, 0.4) is 0 Å². The highest BCUT2D eigenvalue weighted by Gasteiger charge is 2.22. The van der Waals surface area contributed by atoms with Gasteiger partial charge in [-0.15, -0.1) is 0 Å². The maximum atomic E-state index is 8.74. The smallest absolute Gasteiger partial charge is 0.0991 e. The fourth-order valence-electron chi connectivity index (χ4n) is 2.14. The molecule has 1 fully saturated rings. The second-order valence-electron chi connectivity index (χ2n) is 4.32. The lowest BCUT2D eigenvalue weighted by Crippen LogP contribution is -2.45. The Bertz CT molecular complexity index is 383. The Balaban J connectivity index is 2.14. The van der Waals surface area contributed by atoms with Crippen LogP contribution in [0.15, 0.2) is 24.3 Å². The van der Waals surface area contributed by atoms with Gasteiger partial charge in [0.2, 0.25) is 0 Å². The van der Waals surface area contributed by atoms with Crippen LogP contribution < -0.4 is 4.90 Å². The fraction of sp³-hybridized carbons (Fsp3) is 0.462. The molecule has 2 atom stereocenters. The summed E-state index contributed by atoms with van der Waals surface area (Å²) in [4.78, 5) is 2.31. The highest BCUT2D eigenvalue weighted by molar-refractivity contribution is 5.50. The molecule has 2 unspecified atom stereocenters. The average Bonchev–Trinajstić information content (AvgIpc) is 2.28. The Morgan fingerprint density at radius 3 is 2.25 bits per heavy atom. The summed E-state index contributed by atoms with van der Waals surface area (Å²) in [6, 6.07) is 9.86. The van der Waals surface area contributed by atoms with Gasteiger partial charge in [0, 0.05) is 18.8 Å². The van der Waals surface area contributed by atoms with Crippen molar-refractivity contribution in [2.75, 3.05) is 18.0 Å². The van der Waals surface area contributed by atoms with E-state index in [9.17, 15) is 0 Å². The third kappa shape index (κ3) is 2.34. The standard InChI is InChI=1S/C13H16N2O/c1-10-8-15(9-11(2)16-10)13-5-3-12(7-14)4-6-13/h3-6,10-11H,8-9H2,1-2H3. The van der Waals surface area contributed by atoms with E-state index in [-0.39, 0.29) is 12.2 Å². The van der Waals surface area contributed by atoms with Crippen LogP contribution in [0.2, 0.25) is 0 Å². The lowest BCUT2D eigenvalue weighted by molar-refractivity contribution is -0.00521. The largest absolute Gasteiger partial charge is 0.372 e. The minimum Gasteiger partial charge on any atom is -0.372 e. The zero-order chi connectivity index (χ0) is 11.5. The van der Waals surface area contributed by atoms with E-state index >= 15 is 0 Å². The molecule has 1 saturated heterocycles. The van der Waals surface area contributed by atoms with Crippen molar-refractivity contribution in [3.8, 4) is 6.07 Å². The molecule has 0 aliphatic carbocycles. The Morgan fingerprint density at radius 2 is 1.75 bits per heavy atom. The second kappa shape index (κ2) is 4.54. The molecule has 1 heterocycles. The van der Waals surface area contributed by atoms with Crippen molar-refractivity contribution >= 4 is 5.69 Å². The number of rotatable bonds is 1. The van der Waals surface area contributed by atoms with Gasteiger partial charge in [-0.1, -0.05) is 0 Å². The highest BCUT2D eigenvalue weighted by atomic mass is 16.5. The summed E-state index contributed by atoms with van der Waals surface area (Å²) in [7, 11) is 0. The van der Waals surface area contributed by atoms with Gasteiger partial charge >= 0.3 is 0 Å². The van der Waals surface area contributed by atoms with E-state index in [1.54, 1.807) is 0 Å². The van der Waals surface area contributed by atoms with Gasteiger partial charge in [0.05, 0.1) is 23.8 Å². The molecule has 2 rings (SSSR count). The lowest BCUT2D eigenvalue weighted by Gasteiger charge is -2.36. The summed E-state index contributed by atoms with van der Waals surface area (Å²) in [5.74, 6) is 0. The fourth-order valence-corrected chi connectivity index (χ4v) is 2.14. The number of benzene rings is 1. The lowest BCUT2D eigenvalue weighted by atomic mass is 10.1. The zero-order valence-electron chi connectivity index (χ0n) is 9.68. The summed E-state index contributed by atoms with van der Waals surface area (Å²) in [5, 5.41) is 8.74. The first-order chi connectivity index (χ1) is 7.69. The van der Waals surface area contributed by atoms with E-state index in [0.717, 1.165) is 13.1 Å². The van der Waals surface area contributed by atoms with Gasteiger partial charge in [0.15, 0.2) is 0 Å². The van der Waals surface area contributed by atoms with Crippen LogP contribution >= 0.6 is 0 Å². The van der Waals surface area contributed by atoms with E-state index in [0.29, 0.717) is 5.56 Å². The molecule has 84 valence electrons. The molecular weight excluding hydrogens is 200 g/mol. The van der Waals surface area contributed by atoms with Crippen molar-refractivity contribution in [2.45, 2.75) is 26.1 Å². The quantitative estimate of drug-likeness (QED) is 0.722. The van der Waals surface area contributed by atoms with Gasteiger partial charge in [0.25, 0.3) is 0 Å². The zero-order valence-corrected chi connectivity index (χ0v) is 9.68. The number of ether oxygens (including phenoxy) is 1. The summed E-state index contributed by atoms with van der Waals surface area (Å²) >= 11 is 0. The third-order valence-electron chi connectivity index (χ3n) is 2.78. The number of morpholine rings is 1. The summed E-state index contributed by atoms with van der Waals surface area (Å²) in [6.45, 7) is 6.01. The maximum absolute atomic E-state index is 8.74. The molecule has 0 radical (unpaired) electrons. The molecule has 1 aromatic carbocycles. The highest BCUT2D eigenvalue weighted by Crippen LogP contribution is 2.20. The van der Waals surface area contributed by atoms with Gasteiger partial charge < -0.3 is 9.64 Å². The summed E-state index contributed by atoms with van der Waals surface area (Å²) < 4.78 is 5.69. The Morgan fingerprint density at radius 1 is 1.19 bits per heavy atom. The van der Waals surface area contributed by atoms with Gasteiger partial charge in [0.1, 0.15) is 0 Å². The molecule has 0 bridgehead atoms. The first kappa shape index (κ1) is 11.0. The molecule has 0 aromatic heterocycles. The first-order valence-electron chi connectivity index (χ1n) is 5.59. The molecule has 0 saturated carbocycles. The van der Waals surface area contributed by atoms with Gasteiger partial charge in [-0.05, 0) is 38.1 Å². The van der Waals surface area contributed by atoms with Gasteiger partial charge in [-0.25, -0.2) is 0 Å². The summed E-state index contributed by atoms with van der Waals surface area (Å²) in [6.07, 6.45) is 0.527. The van der Waals surface area contributed by atoms with Crippen molar-refractivity contribution in [2.24, 2.45) is 0 Å². The Labute approximate surface area is 96.2 Å². The monoisotopic (exact) mass is 216 g/mol. The van der Waals surface area contributed by atoms with Crippen LogP contribution in [0.25, 0.3) is 0 Å². The molecule has 1 aliphatic heterocycles. The van der Waals surface area contributed by atoms with Crippen LogP contribution in [0.5, 0.6) is 0 Å². The van der Waals surface area contributed by atoms with Crippen LogP contribution in [-0.4, -0.2) is 25.3 Å². The normalized spacial score (nSPS) is 25.2. The molecule has 0 amide bonds. The van der Waals surface area contributed by atoms with Crippen LogP contribution in [-0.2, 0) is 4.74 Å². The van der Waals surface area contributed by atoms with Crippen LogP contribution in [0.4, 0.5) is 5.69 Å². The number of hydrogen-bond acceptors (Lipinski definition) is 3. The van der Waals surface area contributed by atoms with E-state index in [1.165, 1.54) is 5.69 Å². The predicted octanol–water partition coefficient (Wildman–Crippen LogP) is 2.17. The molecule has 3 heteroatoms. The minimum atomic E-state index is 0.263. The van der Waals surface area contributed by atoms with Crippen molar-refractivity contribution in [3.05, 3.63) is 29.8 Å². The number of nitrogens with zero attached hydrogens (tertiary/aromatic N) is 2. The molecule has 0 N–H and O–H groups in total. The molecule has 16 heavy (non-hydrogen) atoms. The average molecular weight is 216 g/mol. The Kier molecular flexibility index (Phi) is 3.12. The molecule has 1 aliphatic rings. The minimum absolute atomic E-state index is 0.263. The predicted molar refractivity (Wildman–Crippen MR) is 63.4 cm³/mol. The maximum Gasteiger partial charge on any atom is 0.0991 e. The second-order valence-corrected chi connectivity index (χ2v) is 4.32. The van der Waals surface area contributed by atoms with Crippen molar-refractivity contribution in [1.29, 1.82) is 5.26 Å². The van der Waals surface area contributed by atoms with Crippen molar-refractivity contribution < 1.29 is 4.74 Å². The first-order valence-corrected chi connectivity index (χ1v) is 5.59. The third-order valence-corrected chi connectivity index (χ3v) is 2.78. The molecular formula is C13H16N2O. The number of hydrogen-bond donors (Lipinski definition) is 0. The van der Waals surface area contributed by atoms with Crippen LogP contribution in [0, 0.1) is 11.3 Å². The van der Waals surface area contributed by atoms with Crippen LogP contribution in [0.1, 0.15) is 19.4 Å². The van der Waals surface area contributed by atoms with E-state index in [2.05, 4.69) is 24.8 Å².